The van der Waals surface area contributed by atoms with E-state index in [4.69, 9.17) is 5.73 Å². The number of ketones is 1. The van der Waals surface area contributed by atoms with Crippen LogP contribution in [0.3, 0.4) is 0 Å². The van der Waals surface area contributed by atoms with E-state index in [-0.39, 0.29) is 5.78 Å². The van der Waals surface area contributed by atoms with E-state index in [0.29, 0.717) is 5.75 Å². The summed E-state index contributed by atoms with van der Waals surface area (Å²) in [5, 5.41) is 0. The molecular formula is C17H17NOS. The zero-order valence-electron chi connectivity index (χ0n) is 11.2. The summed E-state index contributed by atoms with van der Waals surface area (Å²) in [6.45, 7) is 0. The van der Waals surface area contributed by atoms with Crippen molar-refractivity contribution in [3.8, 4) is 11.1 Å². The molecule has 0 aromatic heterocycles. The van der Waals surface area contributed by atoms with Crippen molar-refractivity contribution in [2.75, 3.05) is 5.75 Å². The summed E-state index contributed by atoms with van der Waals surface area (Å²) >= 11 is 4.13. The van der Waals surface area contributed by atoms with Crippen molar-refractivity contribution in [1.29, 1.82) is 0 Å². The lowest BCUT2D eigenvalue weighted by atomic mass is 9.82. The standard InChI is InChI=1S/C17H17NOS/c18-16(10-20)17(19)15-7-3-6-13-12-5-2-1-4-11(12)8-9-14(13)15/h1-7,16,20H,8-10,18H2/t16-/m0/s1. The molecule has 2 nitrogen and oxygen atoms in total. The molecule has 0 fully saturated rings. The molecule has 1 aliphatic rings. The summed E-state index contributed by atoms with van der Waals surface area (Å²) in [7, 11) is 0. The van der Waals surface area contributed by atoms with Crippen LogP contribution in [0.15, 0.2) is 42.5 Å². The Hall–Kier alpha value is -1.58. The van der Waals surface area contributed by atoms with Gasteiger partial charge in [0.25, 0.3) is 0 Å². The van der Waals surface area contributed by atoms with Crippen molar-refractivity contribution in [3.05, 3.63) is 59.2 Å². The predicted molar refractivity (Wildman–Crippen MR) is 85.4 cm³/mol. The maximum Gasteiger partial charge on any atom is 0.180 e. The van der Waals surface area contributed by atoms with E-state index in [1.54, 1.807) is 0 Å². The van der Waals surface area contributed by atoms with Crippen LogP contribution in [-0.2, 0) is 12.8 Å². The molecule has 102 valence electrons. The van der Waals surface area contributed by atoms with Crippen molar-refractivity contribution < 1.29 is 4.79 Å². The molecule has 0 aliphatic heterocycles. The van der Waals surface area contributed by atoms with Gasteiger partial charge >= 0.3 is 0 Å². The number of rotatable bonds is 3. The van der Waals surface area contributed by atoms with Crippen LogP contribution in [0.1, 0.15) is 21.5 Å². The second-order valence-corrected chi connectivity index (χ2v) is 5.51. The van der Waals surface area contributed by atoms with Crippen LogP contribution in [0.4, 0.5) is 0 Å². The van der Waals surface area contributed by atoms with Gasteiger partial charge in [0.15, 0.2) is 5.78 Å². The molecule has 1 aliphatic carbocycles. The van der Waals surface area contributed by atoms with E-state index in [0.717, 1.165) is 24.0 Å². The fourth-order valence-electron chi connectivity index (χ4n) is 2.88. The molecule has 0 amide bonds. The lowest BCUT2D eigenvalue weighted by Gasteiger charge is -2.22. The van der Waals surface area contributed by atoms with Crippen molar-refractivity contribution in [1.82, 2.24) is 0 Å². The number of thiol groups is 1. The normalized spacial score (nSPS) is 14.3. The van der Waals surface area contributed by atoms with Gasteiger partial charge in [-0.2, -0.15) is 12.6 Å². The number of benzene rings is 2. The van der Waals surface area contributed by atoms with Gasteiger partial charge in [0.05, 0.1) is 6.04 Å². The monoisotopic (exact) mass is 283 g/mol. The fourth-order valence-corrected chi connectivity index (χ4v) is 3.05. The molecule has 20 heavy (non-hydrogen) atoms. The summed E-state index contributed by atoms with van der Waals surface area (Å²) in [6, 6.07) is 13.8. The third-order valence-electron chi connectivity index (χ3n) is 3.93. The predicted octanol–water partition coefficient (Wildman–Crippen LogP) is 2.89. The molecule has 0 radical (unpaired) electrons. The van der Waals surface area contributed by atoms with Crippen molar-refractivity contribution >= 4 is 18.4 Å². The van der Waals surface area contributed by atoms with Crippen LogP contribution in [0, 0.1) is 0 Å². The Labute approximate surface area is 124 Å². The van der Waals surface area contributed by atoms with Gasteiger partial charge in [0, 0.05) is 11.3 Å². The summed E-state index contributed by atoms with van der Waals surface area (Å²) in [5.74, 6) is 0.371. The number of hydrogen-bond acceptors (Lipinski definition) is 3. The maximum atomic E-state index is 12.4. The van der Waals surface area contributed by atoms with Crippen LogP contribution in [0.2, 0.25) is 0 Å². The van der Waals surface area contributed by atoms with Gasteiger partial charge in [-0.25, -0.2) is 0 Å². The van der Waals surface area contributed by atoms with E-state index in [2.05, 4.69) is 36.9 Å². The molecule has 3 heteroatoms. The molecule has 0 unspecified atom stereocenters. The zero-order chi connectivity index (χ0) is 14.1. The fraction of sp³-hybridized carbons (Fsp3) is 0.235. The number of carbonyl (C=O) groups excluding carboxylic acids is 1. The minimum absolute atomic E-state index is 0.00349. The Morgan fingerprint density at radius 2 is 1.85 bits per heavy atom. The molecule has 3 rings (SSSR count). The Morgan fingerprint density at radius 3 is 2.65 bits per heavy atom. The molecule has 2 aromatic rings. The molecule has 0 saturated heterocycles. The van der Waals surface area contributed by atoms with E-state index in [1.807, 2.05) is 18.2 Å². The highest BCUT2D eigenvalue weighted by Gasteiger charge is 2.23. The van der Waals surface area contributed by atoms with Crippen LogP contribution in [-0.4, -0.2) is 17.6 Å². The quantitative estimate of drug-likeness (QED) is 0.672. The minimum atomic E-state index is -0.526. The maximum absolute atomic E-state index is 12.4. The smallest absolute Gasteiger partial charge is 0.180 e. The number of hydrogen-bond donors (Lipinski definition) is 2. The highest BCUT2D eigenvalue weighted by Crippen LogP contribution is 2.35. The van der Waals surface area contributed by atoms with Crippen LogP contribution in [0.5, 0.6) is 0 Å². The largest absolute Gasteiger partial charge is 0.321 e. The first-order valence-corrected chi connectivity index (χ1v) is 7.46. The second-order valence-electron chi connectivity index (χ2n) is 5.14. The average Bonchev–Trinajstić information content (AvgIpc) is 2.52. The number of fused-ring (bicyclic) bond motifs is 3. The molecule has 2 aromatic carbocycles. The van der Waals surface area contributed by atoms with E-state index in [9.17, 15) is 4.79 Å². The highest BCUT2D eigenvalue weighted by molar-refractivity contribution is 7.80. The van der Waals surface area contributed by atoms with Gasteiger partial charge < -0.3 is 5.73 Å². The van der Waals surface area contributed by atoms with E-state index < -0.39 is 6.04 Å². The molecular weight excluding hydrogens is 266 g/mol. The highest BCUT2D eigenvalue weighted by atomic mass is 32.1. The van der Waals surface area contributed by atoms with Gasteiger partial charge in [-0.3, -0.25) is 4.79 Å². The third-order valence-corrected chi connectivity index (χ3v) is 4.32. The van der Waals surface area contributed by atoms with Gasteiger partial charge in [-0.1, -0.05) is 42.5 Å². The minimum Gasteiger partial charge on any atom is -0.321 e. The second kappa shape index (κ2) is 5.43. The Bertz CT molecular complexity index is 666. The molecule has 0 saturated carbocycles. The lowest BCUT2D eigenvalue weighted by molar-refractivity contribution is 0.0969. The molecule has 0 bridgehead atoms. The lowest BCUT2D eigenvalue weighted by Crippen LogP contribution is -2.33. The van der Waals surface area contributed by atoms with E-state index >= 15 is 0 Å². The van der Waals surface area contributed by atoms with Gasteiger partial charge in [0.1, 0.15) is 0 Å². The molecule has 0 heterocycles. The van der Waals surface area contributed by atoms with Gasteiger partial charge in [-0.05, 0) is 35.1 Å². The van der Waals surface area contributed by atoms with Gasteiger partial charge in [-0.15, -0.1) is 0 Å². The summed E-state index contributed by atoms with van der Waals surface area (Å²) in [6.07, 6.45) is 1.87. The first-order chi connectivity index (χ1) is 9.72. The van der Waals surface area contributed by atoms with Crippen LogP contribution < -0.4 is 5.73 Å². The van der Waals surface area contributed by atoms with Crippen LogP contribution >= 0.6 is 12.6 Å². The average molecular weight is 283 g/mol. The van der Waals surface area contributed by atoms with Gasteiger partial charge in [0.2, 0.25) is 0 Å². The SMILES string of the molecule is N[C@@H](CS)C(=O)c1cccc2c1CCc1ccccc1-2. The van der Waals surface area contributed by atoms with Crippen LogP contribution in [0.25, 0.3) is 11.1 Å². The molecule has 2 N–H and O–H groups in total. The summed E-state index contributed by atoms with van der Waals surface area (Å²) in [5.41, 5.74) is 11.5. The first-order valence-electron chi connectivity index (χ1n) is 6.83. The summed E-state index contributed by atoms with van der Waals surface area (Å²) < 4.78 is 0. The molecule has 1 atom stereocenters. The third kappa shape index (κ3) is 2.17. The number of aryl methyl sites for hydroxylation is 1. The van der Waals surface area contributed by atoms with Crippen molar-refractivity contribution in [2.24, 2.45) is 5.73 Å². The molecule has 0 spiro atoms. The Kier molecular flexibility index (Phi) is 3.64. The van der Waals surface area contributed by atoms with Crippen molar-refractivity contribution in [3.63, 3.8) is 0 Å². The van der Waals surface area contributed by atoms with Crippen molar-refractivity contribution in [2.45, 2.75) is 18.9 Å². The number of nitrogens with two attached hydrogens (primary N) is 1. The topological polar surface area (TPSA) is 43.1 Å². The number of Topliss-reactive ketones (excluding diaryl/α,β-unsaturated/α-hetero) is 1. The number of carbonyl (C=O) groups is 1. The first kappa shape index (κ1) is 13.4. The zero-order valence-corrected chi connectivity index (χ0v) is 12.1. The van der Waals surface area contributed by atoms with E-state index in [1.165, 1.54) is 16.7 Å². The summed E-state index contributed by atoms with van der Waals surface area (Å²) in [4.78, 5) is 12.4. The Balaban J connectivity index is 2.13. The Morgan fingerprint density at radius 1 is 1.10 bits per heavy atom.